The van der Waals surface area contributed by atoms with Crippen LogP contribution >= 0.6 is 0 Å². The quantitative estimate of drug-likeness (QED) is 0.621. The Morgan fingerprint density at radius 3 is 2.15 bits per heavy atom. The molecule has 2 aromatic rings. The number of anilines is 2. The fourth-order valence-electron chi connectivity index (χ4n) is 4.18. The highest BCUT2D eigenvalue weighted by Crippen LogP contribution is 2.32. The van der Waals surface area contributed by atoms with E-state index < -0.39 is 21.2 Å². The van der Waals surface area contributed by atoms with E-state index in [0.717, 1.165) is 32.1 Å². The number of hydrogen-bond donors (Lipinski definition) is 2. The number of amides is 3. The van der Waals surface area contributed by atoms with E-state index >= 15 is 0 Å². The first-order valence-electron chi connectivity index (χ1n) is 11.1. The summed E-state index contributed by atoms with van der Waals surface area (Å²) >= 11 is 0. The summed E-state index contributed by atoms with van der Waals surface area (Å²) in [5, 5.41) is 2.16. The number of carbonyl (C=O) groups excluding carboxylic acids is 3. The molecule has 0 radical (unpaired) electrons. The molecule has 1 aliphatic heterocycles. The van der Waals surface area contributed by atoms with Crippen molar-refractivity contribution in [2.75, 3.05) is 10.0 Å². The van der Waals surface area contributed by atoms with Crippen molar-refractivity contribution in [2.45, 2.75) is 57.2 Å². The fourth-order valence-corrected chi connectivity index (χ4v) is 4.88. The average Bonchev–Trinajstić information content (AvgIpc) is 3.04. The van der Waals surface area contributed by atoms with Crippen molar-refractivity contribution in [1.82, 2.24) is 4.90 Å². The molecule has 174 valence electrons. The van der Waals surface area contributed by atoms with E-state index in [1.807, 2.05) is 0 Å². The van der Waals surface area contributed by atoms with Crippen LogP contribution in [0, 0.1) is 0 Å². The van der Waals surface area contributed by atoms with Gasteiger partial charge in [0, 0.05) is 23.0 Å². The van der Waals surface area contributed by atoms with E-state index in [4.69, 9.17) is 0 Å². The van der Waals surface area contributed by atoms with Gasteiger partial charge in [-0.2, -0.15) is 0 Å². The molecule has 2 aliphatic rings. The molecule has 8 nitrogen and oxygen atoms in total. The molecular weight excluding hydrogens is 442 g/mol. The fraction of sp³-hybridized carbons (Fsp3) is 0.375. The summed E-state index contributed by atoms with van der Waals surface area (Å²) in [5.41, 5.74) is 1.78. The van der Waals surface area contributed by atoms with Crippen LogP contribution in [-0.4, -0.2) is 42.3 Å². The Morgan fingerprint density at radius 1 is 0.909 bits per heavy atom. The molecule has 0 spiro atoms. The molecule has 3 amide bonds. The first-order chi connectivity index (χ1) is 15.7. The van der Waals surface area contributed by atoms with Crippen LogP contribution in [0.5, 0.6) is 0 Å². The Balaban J connectivity index is 1.47. The van der Waals surface area contributed by atoms with Crippen LogP contribution in [0.3, 0.4) is 0 Å². The highest BCUT2D eigenvalue weighted by atomic mass is 32.2. The molecule has 0 aromatic heterocycles. The van der Waals surface area contributed by atoms with Gasteiger partial charge in [0.2, 0.25) is 10.0 Å². The summed E-state index contributed by atoms with van der Waals surface area (Å²) in [7, 11) is -3.48. The number of rotatable bonds is 6. The van der Waals surface area contributed by atoms with E-state index in [9.17, 15) is 22.8 Å². The van der Waals surface area contributed by atoms with Crippen molar-refractivity contribution in [3.05, 3.63) is 59.2 Å². The second-order valence-corrected chi connectivity index (χ2v) is 11.0. The maximum atomic E-state index is 13.0. The van der Waals surface area contributed by atoms with E-state index in [2.05, 4.69) is 10.0 Å². The lowest BCUT2D eigenvalue weighted by atomic mass is 9.94. The molecule has 1 fully saturated rings. The molecule has 0 bridgehead atoms. The Bertz CT molecular complexity index is 1200. The maximum absolute atomic E-state index is 13.0. The molecule has 0 unspecified atom stereocenters. The summed E-state index contributed by atoms with van der Waals surface area (Å²) < 4.78 is 26.4. The van der Waals surface area contributed by atoms with Crippen molar-refractivity contribution < 1.29 is 22.8 Å². The number of benzene rings is 2. The molecule has 0 saturated heterocycles. The van der Waals surface area contributed by atoms with E-state index in [1.54, 1.807) is 32.0 Å². The predicted octanol–water partition coefficient (Wildman–Crippen LogP) is 4.02. The van der Waals surface area contributed by atoms with Crippen LogP contribution in [0.1, 0.15) is 77.0 Å². The Labute approximate surface area is 193 Å². The zero-order valence-electron chi connectivity index (χ0n) is 18.6. The van der Waals surface area contributed by atoms with Gasteiger partial charge in [-0.3, -0.25) is 24.0 Å². The van der Waals surface area contributed by atoms with Crippen LogP contribution in [0.15, 0.2) is 42.5 Å². The summed E-state index contributed by atoms with van der Waals surface area (Å²) in [6.07, 6.45) is 4.81. The second-order valence-electron chi connectivity index (χ2n) is 8.76. The number of hydrogen-bond acceptors (Lipinski definition) is 5. The Hall–Kier alpha value is -3.20. The van der Waals surface area contributed by atoms with Gasteiger partial charge >= 0.3 is 0 Å². The third kappa shape index (κ3) is 4.64. The van der Waals surface area contributed by atoms with Gasteiger partial charge in [-0.15, -0.1) is 0 Å². The van der Waals surface area contributed by atoms with Gasteiger partial charge in [0.15, 0.2) is 0 Å². The summed E-state index contributed by atoms with van der Waals surface area (Å²) in [6.45, 7) is 3.15. The lowest BCUT2D eigenvalue weighted by Gasteiger charge is -2.29. The standard InChI is InChI=1S/C24H27N3O5S/c1-15(2)33(31,32)26-17-10-8-16(9-11-17)22(28)25-18-12-13-20-21(14-18)24(30)27(23(20)29)19-6-4-3-5-7-19/h8-15,19,26H,3-7H2,1-2H3,(H,25,28). The zero-order chi connectivity index (χ0) is 23.8. The second kappa shape index (κ2) is 8.97. The molecule has 2 aromatic carbocycles. The normalized spacial score (nSPS) is 16.8. The summed E-state index contributed by atoms with van der Waals surface area (Å²) in [4.78, 5) is 39.8. The van der Waals surface area contributed by atoms with Crippen molar-refractivity contribution >= 4 is 39.1 Å². The first-order valence-corrected chi connectivity index (χ1v) is 12.7. The molecule has 1 aliphatic carbocycles. The van der Waals surface area contributed by atoms with Gasteiger partial charge in [-0.1, -0.05) is 19.3 Å². The first kappa shape index (κ1) is 23.0. The minimum absolute atomic E-state index is 0.0594. The molecule has 1 heterocycles. The van der Waals surface area contributed by atoms with Gasteiger partial charge in [0.1, 0.15) is 0 Å². The van der Waals surface area contributed by atoms with E-state index in [0.29, 0.717) is 28.1 Å². The van der Waals surface area contributed by atoms with Crippen molar-refractivity contribution in [3.8, 4) is 0 Å². The molecule has 4 rings (SSSR count). The van der Waals surface area contributed by atoms with Crippen LogP contribution in [0.4, 0.5) is 11.4 Å². The highest BCUT2D eigenvalue weighted by Gasteiger charge is 2.40. The monoisotopic (exact) mass is 469 g/mol. The Kier molecular flexibility index (Phi) is 6.25. The molecule has 2 N–H and O–H groups in total. The SMILES string of the molecule is CC(C)S(=O)(=O)Nc1ccc(C(=O)Nc2ccc3c(c2)C(=O)N(C2CCCCC2)C3=O)cc1. The maximum Gasteiger partial charge on any atom is 0.261 e. The minimum atomic E-state index is -3.48. The van der Waals surface area contributed by atoms with E-state index in [-0.39, 0.29) is 17.9 Å². The summed E-state index contributed by atoms with van der Waals surface area (Å²) in [5.74, 6) is -0.979. The highest BCUT2D eigenvalue weighted by molar-refractivity contribution is 7.93. The lowest BCUT2D eigenvalue weighted by Crippen LogP contribution is -2.40. The van der Waals surface area contributed by atoms with Gasteiger partial charge in [0.25, 0.3) is 17.7 Å². The number of sulfonamides is 1. The number of nitrogens with zero attached hydrogens (tertiary/aromatic N) is 1. The number of fused-ring (bicyclic) bond motifs is 1. The molecule has 0 atom stereocenters. The van der Waals surface area contributed by atoms with Crippen LogP contribution in [-0.2, 0) is 10.0 Å². The average molecular weight is 470 g/mol. The Morgan fingerprint density at radius 2 is 1.52 bits per heavy atom. The van der Waals surface area contributed by atoms with Gasteiger partial charge in [-0.05, 0) is 69.2 Å². The van der Waals surface area contributed by atoms with Crippen LogP contribution in [0.25, 0.3) is 0 Å². The van der Waals surface area contributed by atoms with Crippen molar-refractivity contribution in [3.63, 3.8) is 0 Å². The van der Waals surface area contributed by atoms with Gasteiger partial charge < -0.3 is 5.32 Å². The largest absolute Gasteiger partial charge is 0.322 e. The lowest BCUT2D eigenvalue weighted by molar-refractivity contribution is 0.0548. The van der Waals surface area contributed by atoms with Crippen molar-refractivity contribution in [1.29, 1.82) is 0 Å². The van der Waals surface area contributed by atoms with Crippen molar-refractivity contribution in [2.24, 2.45) is 0 Å². The van der Waals surface area contributed by atoms with Crippen LogP contribution < -0.4 is 10.0 Å². The zero-order valence-corrected chi connectivity index (χ0v) is 19.4. The third-order valence-corrected chi connectivity index (χ3v) is 7.90. The van der Waals surface area contributed by atoms with Gasteiger partial charge in [-0.25, -0.2) is 8.42 Å². The third-order valence-electron chi connectivity index (χ3n) is 6.14. The topological polar surface area (TPSA) is 113 Å². The smallest absolute Gasteiger partial charge is 0.261 e. The summed E-state index contributed by atoms with van der Waals surface area (Å²) in [6, 6.07) is 10.7. The number of nitrogens with one attached hydrogen (secondary N) is 2. The molecule has 9 heteroatoms. The van der Waals surface area contributed by atoms with Gasteiger partial charge in [0.05, 0.1) is 16.4 Å². The number of carbonyl (C=O) groups is 3. The predicted molar refractivity (Wildman–Crippen MR) is 126 cm³/mol. The molecular formula is C24H27N3O5S. The number of imide groups is 1. The minimum Gasteiger partial charge on any atom is -0.322 e. The van der Waals surface area contributed by atoms with E-state index in [1.165, 1.54) is 29.2 Å². The molecule has 1 saturated carbocycles. The molecule has 33 heavy (non-hydrogen) atoms. The van der Waals surface area contributed by atoms with Crippen LogP contribution in [0.2, 0.25) is 0 Å².